The van der Waals surface area contributed by atoms with E-state index in [1.54, 1.807) is 7.05 Å². The average Bonchev–Trinajstić information content (AvgIpc) is 2.67. The standard InChI is InChI=1S/C14H22N2O.C10H21NO/c1-5-16(6-2)10-13(17)15-14-11(3)8-7-9-12(14)4;1-7(2)10(5,8(3)4)9(12)11-6/h7-9H,5-6,10H2,1-4H3,(H,15,17);7-8H,1-6H3,(H,11,12). The van der Waals surface area contributed by atoms with Crippen molar-refractivity contribution in [2.45, 2.75) is 62.3 Å². The number of likely N-dealkylation sites (N-methyl/N-ethyl adjacent to an activating group) is 1. The zero-order valence-corrected chi connectivity index (χ0v) is 20.3. The van der Waals surface area contributed by atoms with Crippen LogP contribution in [0.1, 0.15) is 59.6 Å². The van der Waals surface area contributed by atoms with Crippen molar-refractivity contribution in [2.75, 3.05) is 32.0 Å². The third-order valence-corrected chi connectivity index (χ3v) is 6.12. The summed E-state index contributed by atoms with van der Waals surface area (Å²) in [6.07, 6.45) is 0. The number of aryl methyl sites for hydroxylation is 2. The van der Waals surface area contributed by atoms with E-state index in [1.165, 1.54) is 0 Å². The summed E-state index contributed by atoms with van der Waals surface area (Å²) in [5.41, 5.74) is 2.93. The maximum Gasteiger partial charge on any atom is 0.238 e. The van der Waals surface area contributed by atoms with E-state index in [1.807, 2.05) is 39.0 Å². The number of hydrogen-bond donors (Lipinski definition) is 2. The Hall–Kier alpha value is -1.88. The van der Waals surface area contributed by atoms with Gasteiger partial charge in [-0.1, -0.05) is 66.7 Å². The first-order chi connectivity index (χ1) is 13.4. The van der Waals surface area contributed by atoms with Crippen molar-refractivity contribution < 1.29 is 9.59 Å². The molecule has 1 rings (SSSR count). The van der Waals surface area contributed by atoms with Gasteiger partial charge in [-0.15, -0.1) is 0 Å². The molecule has 0 aromatic heterocycles. The molecular formula is C24H43N3O2. The molecule has 0 aliphatic rings. The van der Waals surface area contributed by atoms with Crippen LogP contribution in [0.4, 0.5) is 5.69 Å². The number of anilines is 1. The molecule has 0 spiro atoms. The molecule has 5 nitrogen and oxygen atoms in total. The van der Waals surface area contributed by atoms with Gasteiger partial charge in [-0.3, -0.25) is 14.5 Å². The van der Waals surface area contributed by atoms with Gasteiger partial charge in [0.1, 0.15) is 0 Å². The van der Waals surface area contributed by atoms with E-state index in [0.29, 0.717) is 18.4 Å². The highest BCUT2D eigenvalue weighted by Crippen LogP contribution is 2.35. The second-order valence-corrected chi connectivity index (χ2v) is 8.45. The Morgan fingerprint density at radius 2 is 1.45 bits per heavy atom. The number of amides is 2. The molecular weight excluding hydrogens is 362 g/mol. The highest BCUT2D eigenvalue weighted by atomic mass is 16.2. The van der Waals surface area contributed by atoms with Crippen LogP contribution in [0.25, 0.3) is 0 Å². The lowest BCUT2D eigenvalue weighted by atomic mass is 9.70. The van der Waals surface area contributed by atoms with Crippen molar-refractivity contribution in [3.8, 4) is 0 Å². The Bertz CT molecular complexity index is 621. The van der Waals surface area contributed by atoms with Crippen LogP contribution in [0.3, 0.4) is 0 Å². The van der Waals surface area contributed by atoms with Gasteiger partial charge in [-0.05, 0) is 49.9 Å². The normalized spacial score (nSPS) is 11.3. The quantitative estimate of drug-likeness (QED) is 0.662. The fourth-order valence-electron chi connectivity index (χ4n) is 3.30. The predicted octanol–water partition coefficient (Wildman–Crippen LogP) is 4.63. The lowest BCUT2D eigenvalue weighted by molar-refractivity contribution is -0.135. The minimum absolute atomic E-state index is 0.0612. The van der Waals surface area contributed by atoms with Gasteiger partial charge in [0.05, 0.1) is 12.0 Å². The number of nitrogens with one attached hydrogen (secondary N) is 2. The first kappa shape index (κ1) is 27.1. The second kappa shape index (κ2) is 12.6. The summed E-state index contributed by atoms with van der Waals surface area (Å²) < 4.78 is 0. The molecule has 1 aromatic rings. The molecule has 0 aliphatic heterocycles. The molecule has 0 radical (unpaired) electrons. The Morgan fingerprint density at radius 1 is 1.00 bits per heavy atom. The first-order valence-corrected chi connectivity index (χ1v) is 10.8. The molecule has 0 atom stereocenters. The number of carbonyl (C=O) groups excluding carboxylic acids is 2. The van der Waals surface area contributed by atoms with E-state index in [9.17, 15) is 9.59 Å². The smallest absolute Gasteiger partial charge is 0.238 e. The van der Waals surface area contributed by atoms with Crippen LogP contribution in [-0.2, 0) is 9.59 Å². The summed E-state index contributed by atoms with van der Waals surface area (Å²) in [7, 11) is 1.70. The van der Waals surface area contributed by atoms with E-state index in [2.05, 4.69) is 57.1 Å². The van der Waals surface area contributed by atoms with Gasteiger partial charge in [0, 0.05) is 12.7 Å². The second-order valence-electron chi connectivity index (χ2n) is 8.45. The van der Waals surface area contributed by atoms with Crippen molar-refractivity contribution in [1.82, 2.24) is 10.2 Å². The number of nitrogens with zero attached hydrogens (tertiary/aromatic N) is 1. The predicted molar refractivity (Wildman–Crippen MR) is 124 cm³/mol. The Balaban J connectivity index is 0.000000578. The monoisotopic (exact) mass is 405 g/mol. The van der Waals surface area contributed by atoms with Crippen molar-refractivity contribution in [1.29, 1.82) is 0 Å². The molecule has 5 heteroatoms. The van der Waals surface area contributed by atoms with Crippen LogP contribution in [0.15, 0.2) is 18.2 Å². The van der Waals surface area contributed by atoms with E-state index < -0.39 is 0 Å². The minimum Gasteiger partial charge on any atom is -0.359 e. The van der Waals surface area contributed by atoms with Crippen LogP contribution in [-0.4, -0.2) is 43.4 Å². The molecule has 0 heterocycles. The van der Waals surface area contributed by atoms with Gasteiger partial charge >= 0.3 is 0 Å². The fourth-order valence-corrected chi connectivity index (χ4v) is 3.30. The molecule has 0 fully saturated rings. The SMILES string of the molecule is CCN(CC)CC(=O)Nc1c(C)cccc1C.CNC(=O)C(C)(C(C)C)C(C)C. The topological polar surface area (TPSA) is 61.4 Å². The zero-order chi connectivity index (χ0) is 22.8. The summed E-state index contributed by atoms with van der Waals surface area (Å²) in [6, 6.07) is 6.03. The van der Waals surface area contributed by atoms with Crippen molar-refractivity contribution >= 4 is 17.5 Å². The molecule has 2 N–H and O–H groups in total. The maximum atomic E-state index is 11.9. The van der Waals surface area contributed by atoms with Crippen molar-refractivity contribution in [3.63, 3.8) is 0 Å². The molecule has 0 saturated carbocycles. The lowest BCUT2D eigenvalue weighted by Gasteiger charge is -2.35. The van der Waals surface area contributed by atoms with Crippen LogP contribution in [0.2, 0.25) is 0 Å². The van der Waals surface area contributed by atoms with Crippen molar-refractivity contribution in [3.05, 3.63) is 29.3 Å². The molecule has 2 amide bonds. The van der Waals surface area contributed by atoms with Crippen LogP contribution in [0, 0.1) is 31.1 Å². The summed E-state index contributed by atoms with van der Waals surface area (Å²) >= 11 is 0. The third-order valence-electron chi connectivity index (χ3n) is 6.12. The first-order valence-electron chi connectivity index (χ1n) is 10.8. The van der Waals surface area contributed by atoms with Crippen molar-refractivity contribution in [2.24, 2.45) is 17.3 Å². The molecule has 0 aliphatic carbocycles. The molecule has 0 saturated heterocycles. The zero-order valence-electron chi connectivity index (χ0n) is 20.3. The molecule has 1 aromatic carbocycles. The van der Waals surface area contributed by atoms with Gasteiger partial charge in [0.15, 0.2) is 0 Å². The van der Waals surface area contributed by atoms with E-state index in [0.717, 1.165) is 29.9 Å². The van der Waals surface area contributed by atoms with Gasteiger partial charge in [-0.25, -0.2) is 0 Å². The average molecular weight is 406 g/mol. The van der Waals surface area contributed by atoms with Gasteiger partial charge in [-0.2, -0.15) is 0 Å². The summed E-state index contributed by atoms with van der Waals surface area (Å²) in [4.78, 5) is 25.6. The van der Waals surface area contributed by atoms with Crippen LogP contribution in [0.5, 0.6) is 0 Å². The fraction of sp³-hybridized carbons (Fsp3) is 0.667. The molecule has 0 bridgehead atoms. The van der Waals surface area contributed by atoms with Gasteiger partial charge < -0.3 is 10.6 Å². The number of hydrogen-bond acceptors (Lipinski definition) is 3. The van der Waals surface area contributed by atoms with E-state index >= 15 is 0 Å². The highest BCUT2D eigenvalue weighted by molar-refractivity contribution is 5.93. The Kier molecular flexibility index (Phi) is 11.8. The minimum atomic E-state index is -0.241. The van der Waals surface area contributed by atoms with E-state index in [-0.39, 0.29) is 17.2 Å². The van der Waals surface area contributed by atoms with Gasteiger partial charge in [0.2, 0.25) is 11.8 Å². The third kappa shape index (κ3) is 7.81. The summed E-state index contributed by atoms with van der Waals surface area (Å²) in [5.74, 6) is 0.952. The van der Waals surface area contributed by atoms with Crippen LogP contribution < -0.4 is 10.6 Å². The summed E-state index contributed by atoms with van der Waals surface area (Å²) in [6.45, 7) is 20.8. The highest BCUT2D eigenvalue weighted by Gasteiger charge is 2.38. The largest absolute Gasteiger partial charge is 0.359 e. The number of rotatable bonds is 8. The van der Waals surface area contributed by atoms with Crippen LogP contribution >= 0.6 is 0 Å². The Morgan fingerprint density at radius 3 is 1.76 bits per heavy atom. The summed E-state index contributed by atoms with van der Waals surface area (Å²) in [5, 5.41) is 5.73. The van der Waals surface area contributed by atoms with E-state index in [4.69, 9.17) is 0 Å². The molecule has 0 unspecified atom stereocenters. The lowest BCUT2D eigenvalue weighted by Crippen LogP contribution is -2.44. The molecule has 166 valence electrons. The molecule has 29 heavy (non-hydrogen) atoms. The number of benzene rings is 1. The van der Waals surface area contributed by atoms with Gasteiger partial charge in [0.25, 0.3) is 0 Å². The maximum absolute atomic E-state index is 11.9. The Labute approximate surface area is 178 Å². The number of carbonyl (C=O) groups is 2. The number of para-hydroxylation sites is 1.